The van der Waals surface area contributed by atoms with Gasteiger partial charge in [0.1, 0.15) is 0 Å². The number of anilines is 2. The van der Waals surface area contributed by atoms with Crippen LogP contribution >= 0.6 is 11.8 Å². The monoisotopic (exact) mass is 396 g/mol. The van der Waals surface area contributed by atoms with Gasteiger partial charge in [0.05, 0.1) is 17.3 Å². The summed E-state index contributed by atoms with van der Waals surface area (Å²) in [7, 11) is -3.00. The molecule has 0 aromatic carbocycles. The molecule has 1 saturated heterocycles. The lowest BCUT2D eigenvalue weighted by molar-refractivity contribution is 0.102. The van der Waals surface area contributed by atoms with Crippen LogP contribution in [0, 0.1) is 13.8 Å². The van der Waals surface area contributed by atoms with E-state index in [2.05, 4.69) is 15.0 Å². The van der Waals surface area contributed by atoms with Gasteiger partial charge in [-0.05, 0) is 26.3 Å². The number of aromatic nitrogens is 4. The Morgan fingerprint density at radius 2 is 1.92 bits per heavy atom. The van der Waals surface area contributed by atoms with E-state index in [4.69, 9.17) is 11.5 Å². The van der Waals surface area contributed by atoms with Gasteiger partial charge < -0.3 is 16.0 Å². The smallest absolute Gasteiger partial charge is 0.225 e. The van der Waals surface area contributed by atoms with Crippen molar-refractivity contribution >= 4 is 39.3 Å². The van der Waals surface area contributed by atoms with Crippen molar-refractivity contribution in [3.8, 4) is 0 Å². The van der Waals surface area contributed by atoms with Crippen molar-refractivity contribution in [3.05, 3.63) is 23.0 Å². The summed E-state index contributed by atoms with van der Waals surface area (Å²) in [4.78, 5) is 24.2. The number of nitrogens with two attached hydrogens (primary N) is 2. The molecule has 0 amide bonds. The number of carbonyl (C=O) groups excluding carboxylic acids is 1. The van der Waals surface area contributed by atoms with E-state index in [1.807, 2.05) is 18.4 Å². The first-order valence-corrected chi connectivity index (χ1v) is 10.8. The van der Waals surface area contributed by atoms with Gasteiger partial charge in [-0.15, -0.1) is 0 Å². The average molecular weight is 396 g/mol. The van der Waals surface area contributed by atoms with Gasteiger partial charge in [0.15, 0.2) is 20.8 Å². The van der Waals surface area contributed by atoms with Gasteiger partial charge in [-0.1, -0.05) is 11.8 Å². The lowest BCUT2D eigenvalue weighted by Crippen LogP contribution is -2.14. The Balaban J connectivity index is 1.77. The van der Waals surface area contributed by atoms with Gasteiger partial charge in [-0.2, -0.15) is 15.0 Å². The van der Waals surface area contributed by atoms with Crippen LogP contribution in [0.5, 0.6) is 0 Å². The third-order valence-corrected chi connectivity index (χ3v) is 6.94. The van der Waals surface area contributed by atoms with Gasteiger partial charge in [0.2, 0.25) is 11.9 Å². The molecule has 140 valence electrons. The van der Waals surface area contributed by atoms with E-state index in [9.17, 15) is 13.2 Å². The minimum absolute atomic E-state index is 0.00747. The van der Waals surface area contributed by atoms with Crippen LogP contribution in [0.3, 0.4) is 0 Å². The highest BCUT2D eigenvalue weighted by atomic mass is 32.2. The summed E-state index contributed by atoms with van der Waals surface area (Å²) in [5, 5.41) is 0.291. The third kappa shape index (κ3) is 3.83. The van der Waals surface area contributed by atoms with E-state index in [-0.39, 0.29) is 41.0 Å². The SMILES string of the molecule is Cc1cc(C(=O)CSc2nc(N)nc(N)n2)c(C)n1[C@H]1CCS(=O)(=O)C1. The van der Waals surface area contributed by atoms with Gasteiger partial charge in [-0.3, -0.25) is 4.79 Å². The van der Waals surface area contributed by atoms with Crippen LogP contribution in [0.4, 0.5) is 11.9 Å². The lowest BCUT2D eigenvalue weighted by atomic mass is 10.2. The maximum absolute atomic E-state index is 12.6. The zero-order valence-corrected chi connectivity index (χ0v) is 16.1. The van der Waals surface area contributed by atoms with Gasteiger partial charge >= 0.3 is 0 Å². The van der Waals surface area contributed by atoms with Crippen molar-refractivity contribution in [2.24, 2.45) is 0 Å². The maximum Gasteiger partial charge on any atom is 0.225 e. The first-order valence-electron chi connectivity index (χ1n) is 7.98. The first kappa shape index (κ1) is 18.6. The highest BCUT2D eigenvalue weighted by Crippen LogP contribution is 2.30. The van der Waals surface area contributed by atoms with Gasteiger partial charge in [-0.25, -0.2) is 8.42 Å². The number of ketones is 1. The van der Waals surface area contributed by atoms with Crippen molar-refractivity contribution < 1.29 is 13.2 Å². The summed E-state index contributed by atoms with van der Waals surface area (Å²) in [5.41, 5.74) is 13.3. The molecular weight excluding hydrogens is 376 g/mol. The average Bonchev–Trinajstić information content (AvgIpc) is 3.03. The van der Waals surface area contributed by atoms with E-state index in [1.54, 1.807) is 6.07 Å². The molecule has 0 radical (unpaired) electrons. The normalized spacial score (nSPS) is 18.9. The van der Waals surface area contributed by atoms with Crippen LogP contribution in [-0.2, 0) is 9.84 Å². The fraction of sp³-hybridized carbons (Fsp3) is 0.467. The minimum atomic E-state index is -3.00. The predicted octanol–water partition coefficient (Wildman–Crippen LogP) is 0.789. The molecule has 1 atom stereocenters. The molecule has 1 fully saturated rings. The van der Waals surface area contributed by atoms with E-state index in [0.29, 0.717) is 17.1 Å². The first-order chi connectivity index (χ1) is 12.2. The highest BCUT2D eigenvalue weighted by Gasteiger charge is 2.31. The molecule has 0 saturated carbocycles. The molecule has 0 unspecified atom stereocenters. The van der Waals surface area contributed by atoms with Crippen molar-refractivity contribution in [2.75, 3.05) is 28.7 Å². The summed E-state index contributed by atoms with van der Waals surface area (Å²) in [6.07, 6.45) is 0.574. The number of sulfone groups is 1. The molecule has 0 spiro atoms. The molecule has 9 nitrogen and oxygen atoms in total. The van der Waals surface area contributed by atoms with Crippen molar-refractivity contribution in [1.82, 2.24) is 19.5 Å². The second-order valence-corrected chi connectivity index (χ2v) is 9.43. The van der Waals surface area contributed by atoms with Crippen LogP contribution in [-0.4, -0.2) is 51.0 Å². The van der Waals surface area contributed by atoms with Crippen LogP contribution in [0.2, 0.25) is 0 Å². The fourth-order valence-corrected chi connectivity index (χ4v) is 5.69. The molecule has 26 heavy (non-hydrogen) atoms. The Morgan fingerprint density at radius 1 is 1.27 bits per heavy atom. The summed E-state index contributed by atoms with van der Waals surface area (Å²) >= 11 is 1.13. The number of hydrogen-bond donors (Lipinski definition) is 2. The molecule has 2 aromatic heterocycles. The predicted molar refractivity (Wildman–Crippen MR) is 99.9 cm³/mol. The number of thioether (sulfide) groups is 1. The molecular formula is C15H20N6O3S2. The van der Waals surface area contributed by atoms with E-state index in [0.717, 1.165) is 23.1 Å². The standard InChI is InChI=1S/C15H20N6O3S2/c1-8-5-11(9(2)21(8)10-3-4-26(23,24)7-10)12(22)6-25-15-19-13(16)18-14(17)20-15/h5,10H,3-4,6-7H2,1-2H3,(H4,16,17,18,19,20)/t10-/m0/s1. The van der Waals surface area contributed by atoms with Gasteiger partial charge in [0, 0.05) is 23.0 Å². The Hall–Kier alpha value is -2.14. The van der Waals surface area contributed by atoms with Crippen LogP contribution < -0.4 is 11.5 Å². The number of nitrogens with zero attached hydrogens (tertiary/aromatic N) is 4. The Bertz CT molecular complexity index is 950. The van der Waals surface area contributed by atoms with Crippen LogP contribution in [0.15, 0.2) is 11.2 Å². The molecule has 2 aromatic rings. The quantitative estimate of drug-likeness (QED) is 0.553. The molecule has 0 aliphatic carbocycles. The number of nitrogen functional groups attached to an aromatic ring is 2. The zero-order valence-electron chi connectivity index (χ0n) is 14.5. The number of aryl methyl sites for hydroxylation is 1. The van der Waals surface area contributed by atoms with E-state index in [1.165, 1.54) is 0 Å². The summed E-state index contributed by atoms with van der Waals surface area (Å²) < 4.78 is 25.5. The molecule has 11 heteroatoms. The van der Waals surface area contributed by atoms with Gasteiger partial charge in [0.25, 0.3) is 0 Å². The molecule has 1 aliphatic heterocycles. The largest absolute Gasteiger partial charge is 0.368 e. The van der Waals surface area contributed by atoms with Crippen molar-refractivity contribution in [1.29, 1.82) is 0 Å². The molecule has 1 aliphatic rings. The molecule has 3 rings (SSSR count). The second kappa shape index (κ2) is 6.88. The summed E-state index contributed by atoms with van der Waals surface area (Å²) in [5.74, 6) is 0.357. The number of rotatable bonds is 5. The number of carbonyl (C=O) groups is 1. The van der Waals surface area contributed by atoms with E-state index >= 15 is 0 Å². The Labute approximate surface area is 155 Å². The zero-order chi connectivity index (χ0) is 19.1. The van der Waals surface area contributed by atoms with Crippen molar-refractivity contribution in [2.45, 2.75) is 31.5 Å². The Morgan fingerprint density at radius 3 is 2.50 bits per heavy atom. The second-order valence-electron chi connectivity index (χ2n) is 6.26. The molecule has 0 bridgehead atoms. The molecule has 3 heterocycles. The lowest BCUT2D eigenvalue weighted by Gasteiger charge is -2.16. The fourth-order valence-electron chi connectivity index (χ4n) is 3.26. The Kier molecular flexibility index (Phi) is 4.93. The maximum atomic E-state index is 12.6. The topological polar surface area (TPSA) is 147 Å². The van der Waals surface area contributed by atoms with Crippen LogP contribution in [0.1, 0.15) is 34.2 Å². The third-order valence-electron chi connectivity index (χ3n) is 4.34. The summed E-state index contributed by atoms with van der Waals surface area (Å²) in [6, 6.07) is 1.69. The number of Topliss-reactive ketones (excluding diaryl/α,β-unsaturated/α-hetero) is 1. The van der Waals surface area contributed by atoms with Crippen molar-refractivity contribution in [3.63, 3.8) is 0 Å². The molecule has 4 N–H and O–H groups in total. The summed E-state index contributed by atoms with van der Waals surface area (Å²) in [6.45, 7) is 3.73. The highest BCUT2D eigenvalue weighted by molar-refractivity contribution is 7.99. The van der Waals surface area contributed by atoms with Crippen LogP contribution in [0.25, 0.3) is 0 Å². The van der Waals surface area contributed by atoms with E-state index < -0.39 is 9.84 Å². The minimum Gasteiger partial charge on any atom is -0.368 e. The number of hydrogen-bond acceptors (Lipinski definition) is 9.